The Balaban J connectivity index is 1.50. The van der Waals surface area contributed by atoms with Crippen molar-refractivity contribution in [2.75, 3.05) is 13.2 Å². The number of aromatic nitrogens is 2. The highest BCUT2D eigenvalue weighted by Crippen LogP contribution is 2.20. The fraction of sp³-hybridized carbons (Fsp3) is 0.583. The van der Waals surface area contributed by atoms with Crippen molar-refractivity contribution in [1.29, 1.82) is 0 Å². The summed E-state index contributed by atoms with van der Waals surface area (Å²) in [6.45, 7) is 3.24. The molecule has 1 atom stereocenters. The Morgan fingerprint density at radius 3 is 2.74 bits per heavy atom. The first-order valence-electron chi connectivity index (χ1n) is 11.6. The Morgan fingerprint density at radius 1 is 1.10 bits per heavy atom. The highest BCUT2D eigenvalue weighted by Gasteiger charge is 2.26. The molecule has 0 radical (unpaired) electrons. The van der Waals surface area contributed by atoms with Crippen LogP contribution in [0.5, 0.6) is 0 Å². The minimum absolute atomic E-state index is 0.0484. The van der Waals surface area contributed by atoms with Gasteiger partial charge in [-0.15, -0.1) is 0 Å². The van der Waals surface area contributed by atoms with Crippen molar-refractivity contribution in [3.8, 4) is 0 Å². The topological polar surface area (TPSA) is 81.5 Å². The fourth-order valence-corrected chi connectivity index (χ4v) is 4.77. The van der Waals surface area contributed by atoms with E-state index >= 15 is 0 Å². The van der Waals surface area contributed by atoms with E-state index in [0.717, 1.165) is 70.2 Å². The summed E-state index contributed by atoms with van der Waals surface area (Å²) in [5.41, 5.74) is 0.779. The second-order valence-corrected chi connectivity index (χ2v) is 8.60. The number of aryl methyl sites for hydroxylation is 1. The molecule has 3 heterocycles. The number of rotatable bonds is 4. The SMILES string of the molecule is CC[C@H]1CCCCN1C(=O)COC(=O)c1ccc2c(=O)n3c(nc2c1)CCCCCC3. The lowest BCUT2D eigenvalue weighted by atomic mass is 10.00. The Labute approximate surface area is 182 Å². The highest BCUT2D eigenvalue weighted by atomic mass is 16.5. The Morgan fingerprint density at radius 2 is 1.90 bits per heavy atom. The second kappa shape index (κ2) is 9.62. The average molecular weight is 426 g/mol. The smallest absolute Gasteiger partial charge is 0.338 e. The largest absolute Gasteiger partial charge is 0.452 e. The molecule has 0 saturated carbocycles. The van der Waals surface area contributed by atoms with Crippen LogP contribution in [0.15, 0.2) is 23.0 Å². The maximum absolute atomic E-state index is 12.9. The van der Waals surface area contributed by atoms with Crippen molar-refractivity contribution in [2.24, 2.45) is 0 Å². The lowest BCUT2D eigenvalue weighted by Crippen LogP contribution is -2.45. The first kappa shape index (κ1) is 21.5. The molecule has 0 unspecified atom stereocenters. The molecule has 7 heteroatoms. The zero-order valence-electron chi connectivity index (χ0n) is 18.3. The van der Waals surface area contributed by atoms with Crippen LogP contribution in [0.3, 0.4) is 0 Å². The first-order valence-corrected chi connectivity index (χ1v) is 11.6. The van der Waals surface area contributed by atoms with Crippen LogP contribution in [-0.2, 0) is 22.5 Å². The molecule has 0 aliphatic carbocycles. The molecule has 0 spiro atoms. The number of piperidine rings is 1. The van der Waals surface area contributed by atoms with Gasteiger partial charge < -0.3 is 9.64 Å². The molecule has 7 nitrogen and oxygen atoms in total. The summed E-state index contributed by atoms with van der Waals surface area (Å²) in [5, 5.41) is 0.510. The van der Waals surface area contributed by atoms with E-state index in [1.807, 2.05) is 4.90 Å². The van der Waals surface area contributed by atoms with Crippen molar-refractivity contribution >= 4 is 22.8 Å². The van der Waals surface area contributed by atoms with E-state index in [4.69, 9.17) is 9.72 Å². The van der Waals surface area contributed by atoms with Crippen LogP contribution in [0.4, 0.5) is 0 Å². The normalized spacial score (nSPS) is 19.4. The standard InChI is InChI=1S/C24H31N3O4/c1-2-18-9-6-8-13-26(18)22(28)16-31-24(30)17-11-12-19-20(15-17)25-21-10-5-3-4-7-14-27(21)23(19)29/h11-12,15,18H,2-10,13-14,16H2,1H3/t18-/m0/s1. The van der Waals surface area contributed by atoms with Gasteiger partial charge in [-0.3, -0.25) is 14.2 Å². The third-order valence-corrected chi connectivity index (χ3v) is 6.55. The molecule has 1 fully saturated rings. The fourth-order valence-electron chi connectivity index (χ4n) is 4.77. The summed E-state index contributed by atoms with van der Waals surface area (Å²) in [7, 11) is 0. The maximum atomic E-state index is 12.9. The van der Waals surface area contributed by atoms with Crippen LogP contribution < -0.4 is 5.56 Å². The van der Waals surface area contributed by atoms with Gasteiger partial charge in [0, 0.05) is 25.6 Å². The van der Waals surface area contributed by atoms with Crippen molar-refractivity contribution in [2.45, 2.75) is 77.3 Å². The van der Waals surface area contributed by atoms with Crippen molar-refractivity contribution < 1.29 is 14.3 Å². The Bertz CT molecular complexity index is 1030. The Kier molecular flexibility index (Phi) is 6.68. The number of likely N-dealkylation sites (tertiary alicyclic amines) is 1. The van der Waals surface area contributed by atoms with E-state index in [2.05, 4.69) is 6.92 Å². The highest BCUT2D eigenvalue weighted by molar-refractivity contribution is 5.95. The van der Waals surface area contributed by atoms with E-state index in [0.29, 0.717) is 23.0 Å². The number of esters is 1. The van der Waals surface area contributed by atoms with E-state index in [9.17, 15) is 14.4 Å². The van der Waals surface area contributed by atoms with E-state index < -0.39 is 5.97 Å². The molecule has 2 aromatic rings. The van der Waals surface area contributed by atoms with Gasteiger partial charge in [-0.25, -0.2) is 9.78 Å². The summed E-state index contributed by atoms with van der Waals surface area (Å²) in [5.74, 6) is 0.0843. The monoisotopic (exact) mass is 425 g/mol. The van der Waals surface area contributed by atoms with Crippen LogP contribution in [0.25, 0.3) is 10.9 Å². The second-order valence-electron chi connectivity index (χ2n) is 8.60. The molecule has 0 bridgehead atoms. The minimum Gasteiger partial charge on any atom is -0.452 e. The van der Waals surface area contributed by atoms with Crippen LogP contribution in [-0.4, -0.2) is 45.5 Å². The number of ether oxygens (including phenoxy) is 1. The summed E-state index contributed by atoms with van der Waals surface area (Å²) in [6, 6.07) is 5.08. The Hall–Kier alpha value is -2.70. The number of hydrogen-bond donors (Lipinski definition) is 0. The number of benzene rings is 1. The van der Waals surface area contributed by atoms with E-state index in [1.54, 1.807) is 22.8 Å². The molecule has 2 aliphatic rings. The maximum Gasteiger partial charge on any atom is 0.338 e. The van der Waals surface area contributed by atoms with Crippen molar-refractivity contribution in [3.05, 3.63) is 39.9 Å². The molecule has 4 rings (SSSR count). The number of hydrogen-bond acceptors (Lipinski definition) is 5. The van der Waals surface area contributed by atoms with Gasteiger partial charge in [0.2, 0.25) is 0 Å². The van der Waals surface area contributed by atoms with Gasteiger partial charge in [0.25, 0.3) is 11.5 Å². The molecular weight excluding hydrogens is 394 g/mol. The molecule has 166 valence electrons. The number of carbonyl (C=O) groups excluding carboxylic acids is 2. The van der Waals surface area contributed by atoms with Crippen LogP contribution in [0.1, 0.15) is 74.5 Å². The molecule has 1 aromatic heterocycles. The number of amides is 1. The van der Waals surface area contributed by atoms with Gasteiger partial charge >= 0.3 is 5.97 Å². The number of nitrogens with zero attached hydrogens (tertiary/aromatic N) is 3. The van der Waals surface area contributed by atoms with Gasteiger partial charge in [0.1, 0.15) is 5.82 Å². The lowest BCUT2D eigenvalue weighted by Gasteiger charge is -2.35. The summed E-state index contributed by atoms with van der Waals surface area (Å²) < 4.78 is 7.10. The van der Waals surface area contributed by atoms with Crippen LogP contribution in [0.2, 0.25) is 0 Å². The third kappa shape index (κ3) is 4.65. The average Bonchev–Trinajstić information content (AvgIpc) is 2.78. The first-order chi connectivity index (χ1) is 15.1. The number of fused-ring (bicyclic) bond motifs is 2. The van der Waals surface area contributed by atoms with E-state index in [-0.39, 0.29) is 24.1 Å². The molecule has 1 amide bonds. The van der Waals surface area contributed by atoms with Gasteiger partial charge in [-0.1, -0.05) is 19.8 Å². The van der Waals surface area contributed by atoms with Crippen molar-refractivity contribution in [3.63, 3.8) is 0 Å². The van der Waals surface area contributed by atoms with Gasteiger partial charge in [-0.05, 0) is 56.7 Å². The minimum atomic E-state index is -0.561. The molecule has 2 aliphatic heterocycles. The molecule has 1 saturated heterocycles. The molecule has 0 N–H and O–H groups in total. The van der Waals surface area contributed by atoms with Gasteiger partial charge in [-0.2, -0.15) is 0 Å². The summed E-state index contributed by atoms with van der Waals surface area (Å²) >= 11 is 0. The zero-order valence-corrected chi connectivity index (χ0v) is 18.3. The van der Waals surface area contributed by atoms with E-state index in [1.165, 1.54) is 0 Å². The van der Waals surface area contributed by atoms with Crippen molar-refractivity contribution in [1.82, 2.24) is 14.5 Å². The van der Waals surface area contributed by atoms with Gasteiger partial charge in [0.05, 0.1) is 16.5 Å². The molecular formula is C24H31N3O4. The predicted molar refractivity (Wildman–Crippen MR) is 118 cm³/mol. The molecule has 1 aromatic carbocycles. The van der Waals surface area contributed by atoms with Gasteiger partial charge in [0.15, 0.2) is 6.61 Å². The summed E-state index contributed by atoms with van der Waals surface area (Å²) in [4.78, 5) is 44.6. The third-order valence-electron chi connectivity index (χ3n) is 6.55. The molecule has 31 heavy (non-hydrogen) atoms. The van der Waals surface area contributed by atoms with Crippen LogP contribution in [0, 0.1) is 0 Å². The quantitative estimate of drug-likeness (QED) is 0.701. The summed E-state index contributed by atoms with van der Waals surface area (Å²) in [6.07, 6.45) is 9.08. The number of carbonyl (C=O) groups is 2. The lowest BCUT2D eigenvalue weighted by molar-refractivity contribution is -0.138. The van der Waals surface area contributed by atoms with Crippen LogP contribution >= 0.6 is 0 Å². The predicted octanol–water partition coefficient (Wildman–Crippen LogP) is 3.46. The zero-order chi connectivity index (χ0) is 21.8.